The van der Waals surface area contributed by atoms with Gasteiger partial charge in [0, 0.05) is 61.7 Å². The van der Waals surface area contributed by atoms with Gasteiger partial charge in [-0.05, 0) is 25.0 Å². The van der Waals surface area contributed by atoms with Crippen LogP contribution in [0.2, 0.25) is 0 Å². The van der Waals surface area contributed by atoms with Crippen molar-refractivity contribution in [1.29, 1.82) is 0 Å². The monoisotopic (exact) mass is 501 g/mol. The Balaban J connectivity index is 1.06. The maximum absolute atomic E-state index is 13.0. The number of imidazole rings is 1. The van der Waals surface area contributed by atoms with Crippen LogP contribution in [0.4, 0.5) is 10.6 Å². The van der Waals surface area contributed by atoms with E-state index in [2.05, 4.69) is 41.5 Å². The number of likely N-dealkylation sites (tertiary alicyclic amines) is 1. The van der Waals surface area contributed by atoms with Crippen LogP contribution in [0.5, 0.6) is 0 Å². The zero-order chi connectivity index (χ0) is 25.9. The molecule has 0 atom stereocenters. The predicted molar refractivity (Wildman–Crippen MR) is 138 cm³/mol. The predicted octanol–water partition coefficient (Wildman–Crippen LogP) is 2.98. The summed E-state index contributed by atoms with van der Waals surface area (Å²) in [7, 11) is 1.91. The molecule has 6 rings (SSSR count). The molecule has 3 amide bonds. The van der Waals surface area contributed by atoms with Gasteiger partial charge in [-0.25, -0.2) is 14.0 Å². The van der Waals surface area contributed by atoms with E-state index in [1.165, 1.54) is 0 Å². The lowest BCUT2D eigenvalue weighted by Gasteiger charge is -2.58. The molecule has 11 nitrogen and oxygen atoms in total. The summed E-state index contributed by atoms with van der Waals surface area (Å²) in [6, 6.07) is 5.47. The quantitative estimate of drug-likeness (QED) is 0.446. The van der Waals surface area contributed by atoms with Crippen molar-refractivity contribution >= 4 is 23.4 Å². The third-order valence-electron chi connectivity index (χ3n) is 7.41. The van der Waals surface area contributed by atoms with Gasteiger partial charge < -0.3 is 14.8 Å². The van der Waals surface area contributed by atoms with Crippen molar-refractivity contribution in [3.63, 3.8) is 0 Å². The van der Waals surface area contributed by atoms with Gasteiger partial charge in [0.1, 0.15) is 17.0 Å². The third-order valence-corrected chi connectivity index (χ3v) is 7.41. The van der Waals surface area contributed by atoms with Crippen LogP contribution < -0.4 is 10.6 Å². The molecule has 1 aliphatic carbocycles. The van der Waals surface area contributed by atoms with E-state index in [1.54, 1.807) is 27.8 Å². The zero-order valence-corrected chi connectivity index (χ0v) is 21.5. The number of carbonyl (C=O) groups excluding carboxylic acids is 2. The zero-order valence-electron chi connectivity index (χ0n) is 21.5. The van der Waals surface area contributed by atoms with Crippen LogP contribution >= 0.6 is 0 Å². The summed E-state index contributed by atoms with van der Waals surface area (Å²) < 4.78 is 5.34. The molecular weight excluding hydrogens is 470 g/mol. The van der Waals surface area contributed by atoms with E-state index < -0.39 is 0 Å². The summed E-state index contributed by atoms with van der Waals surface area (Å²) in [6.45, 7) is 7.67. The Hall–Kier alpha value is -4.15. The topological polar surface area (TPSA) is 114 Å². The van der Waals surface area contributed by atoms with Gasteiger partial charge in [-0.15, -0.1) is 0 Å². The molecule has 1 spiro atoms. The van der Waals surface area contributed by atoms with Crippen molar-refractivity contribution in [3.05, 3.63) is 60.4 Å². The van der Waals surface area contributed by atoms with Crippen LogP contribution in [-0.2, 0) is 12.5 Å². The fourth-order valence-corrected chi connectivity index (χ4v) is 5.47. The summed E-state index contributed by atoms with van der Waals surface area (Å²) in [6.07, 6.45) is 10.5. The molecule has 2 fully saturated rings. The highest BCUT2D eigenvalue weighted by Crippen LogP contribution is 2.48. The number of aryl methyl sites for hydroxylation is 1. The minimum absolute atomic E-state index is 0.00916. The first-order valence-corrected chi connectivity index (χ1v) is 12.5. The summed E-state index contributed by atoms with van der Waals surface area (Å²) in [5.41, 5.74) is 3.00. The van der Waals surface area contributed by atoms with Gasteiger partial charge in [0.15, 0.2) is 0 Å². The van der Waals surface area contributed by atoms with E-state index in [4.69, 9.17) is 5.10 Å². The SMILES string of the molecule is Cn1ccn2ncc(C(=O)N3CC4(CC(NC(=O)Nc5cc(C(C)(C)C)nn5-c5cccnc5)C4)C3)c12. The number of amides is 3. The van der Waals surface area contributed by atoms with Gasteiger partial charge >= 0.3 is 6.03 Å². The number of hydrogen-bond donors (Lipinski definition) is 2. The van der Waals surface area contributed by atoms with E-state index in [1.807, 2.05) is 47.1 Å². The average Bonchev–Trinajstić information content (AvgIpc) is 3.51. The smallest absolute Gasteiger partial charge is 0.320 e. The van der Waals surface area contributed by atoms with Gasteiger partial charge in [-0.3, -0.25) is 15.1 Å². The number of nitrogens with one attached hydrogen (secondary N) is 2. The van der Waals surface area contributed by atoms with E-state index in [0.717, 1.165) is 29.9 Å². The molecule has 4 aromatic rings. The van der Waals surface area contributed by atoms with Crippen molar-refractivity contribution in [3.8, 4) is 5.69 Å². The number of rotatable bonds is 4. The molecule has 0 aromatic carbocycles. The second-order valence-electron chi connectivity index (χ2n) is 11.4. The van der Waals surface area contributed by atoms with Crippen molar-refractivity contribution < 1.29 is 9.59 Å². The van der Waals surface area contributed by atoms with Gasteiger partial charge in [0.2, 0.25) is 0 Å². The summed E-state index contributed by atoms with van der Waals surface area (Å²) in [5, 5.41) is 15.1. The molecular formula is C26H31N9O2. The van der Waals surface area contributed by atoms with E-state index >= 15 is 0 Å². The summed E-state index contributed by atoms with van der Waals surface area (Å²) in [4.78, 5) is 32.0. The minimum atomic E-state index is -0.261. The van der Waals surface area contributed by atoms with Gasteiger partial charge in [0.25, 0.3) is 5.91 Å². The van der Waals surface area contributed by atoms with Gasteiger partial charge in [-0.2, -0.15) is 10.2 Å². The van der Waals surface area contributed by atoms with Crippen molar-refractivity contribution in [2.75, 3.05) is 18.4 Å². The number of pyridine rings is 1. The molecule has 2 N–H and O–H groups in total. The lowest BCUT2D eigenvalue weighted by Crippen LogP contribution is -2.67. The molecule has 192 valence electrons. The van der Waals surface area contributed by atoms with Crippen LogP contribution in [0, 0.1) is 5.41 Å². The van der Waals surface area contributed by atoms with E-state index in [0.29, 0.717) is 24.5 Å². The first kappa shape index (κ1) is 23.3. The number of urea groups is 1. The van der Waals surface area contributed by atoms with Crippen molar-refractivity contribution in [1.82, 2.24) is 39.2 Å². The number of hydrogen-bond acceptors (Lipinski definition) is 5. The first-order valence-electron chi connectivity index (χ1n) is 12.5. The Morgan fingerprint density at radius 2 is 1.92 bits per heavy atom. The maximum Gasteiger partial charge on any atom is 0.320 e. The molecule has 5 heterocycles. The molecule has 1 saturated carbocycles. The second kappa shape index (κ2) is 8.19. The molecule has 0 unspecified atom stereocenters. The lowest BCUT2D eigenvalue weighted by atomic mass is 9.60. The first-order chi connectivity index (χ1) is 17.6. The van der Waals surface area contributed by atoms with Crippen LogP contribution in [0.25, 0.3) is 11.3 Å². The third kappa shape index (κ3) is 4.04. The largest absolute Gasteiger partial charge is 0.337 e. The summed E-state index contributed by atoms with van der Waals surface area (Å²) in [5.74, 6) is 0.605. The van der Waals surface area contributed by atoms with Crippen LogP contribution in [0.15, 0.2) is 49.2 Å². The van der Waals surface area contributed by atoms with Crippen molar-refractivity contribution in [2.24, 2.45) is 12.5 Å². The lowest BCUT2D eigenvalue weighted by molar-refractivity contribution is -0.0582. The van der Waals surface area contributed by atoms with Gasteiger partial charge in [0.05, 0.1) is 23.8 Å². The molecule has 0 bridgehead atoms. The molecule has 4 aromatic heterocycles. The van der Waals surface area contributed by atoms with E-state index in [9.17, 15) is 9.59 Å². The Morgan fingerprint density at radius 1 is 1.14 bits per heavy atom. The second-order valence-corrected chi connectivity index (χ2v) is 11.4. The fraction of sp³-hybridized carbons (Fsp3) is 0.423. The number of anilines is 1. The van der Waals surface area contributed by atoms with Crippen LogP contribution in [0.3, 0.4) is 0 Å². The number of nitrogens with zero attached hydrogens (tertiary/aromatic N) is 7. The number of carbonyl (C=O) groups is 2. The standard InChI is InChI=1S/C26H31N9O2/c1-25(2,3)20-10-21(35(31-20)18-6-5-7-27-13-18)30-24(37)29-17-11-26(12-17)15-33(16-26)23(36)19-14-28-34-9-8-32(4)22(19)34/h5-10,13-14,17H,11-12,15-16H2,1-4H3,(H2,29,30,37). The Morgan fingerprint density at radius 3 is 2.62 bits per heavy atom. The normalized spacial score (nSPS) is 17.0. The number of aromatic nitrogens is 6. The van der Waals surface area contributed by atoms with Crippen molar-refractivity contribution in [2.45, 2.75) is 45.1 Å². The molecule has 11 heteroatoms. The Bertz CT molecular complexity index is 1480. The fourth-order valence-electron chi connectivity index (χ4n) is 5.47. The highest BCUT2D eigenvalue weighted by Gasteiger charge is 2.54. The van der Waals surface area contributed by atoms with E-state index in [-0.39, 0.29) is 28.8 Å². The van der Waals surface area contributed by atoms with Crippen LogP contribution in [0.1, 0.15) is 49.7 Å². The summed E-state index contributed by atoms with van der Waals surface area (Å²) >= 11 is 0. The minimum Gasteiger partial charge on any atom is -0.337 e. The Labute approximate surface area is 214 Å². The molecule has 1 aliphatic heterocycles. The highest BCUT2D eigenvalue weighted by atomic mass is 16.2. The molecule has 1 saturated heterocycles. The van der Waals surface area contributed by atoms with Gasteiger partial charge in [-0.1, -0.05) is 20.8 Å². The molecule has 2 aliphatic rings. The number of fused-ring (bicyclic) bond motifs is 1. The molecule has 0 radical (unpaired) electrons. The van der Waals surface area contributed by atoms with Crippen LogP contribution in [-0.4, -0.2) is 64.9 Å². The Kier molecular flexibility index (Phi) is 5.15. The molecule has 37 heavy (non-hydrogen) atoms. The average molecular weight is 502 g/mol. The highest BCUT2D eigenvalue weighted by molar-refractivity contribution is 6.00. The maximum atomic E-state index is 13.0.